The van der Waals surface area contributed by atoms with Crippen molar-refractivity contribution in [2.45, 2.75) is 112 Å². The minimum absolute atomic E-state index is 0.0686. The highest BCUT2D eigenvalue weighted by Gasteiger charge is 2.42. The van der Waals surface area contributed by atoms with Gasteiger partial charge in [0.2, 0.25) is 11.8 Å². The van der Waals surface area contributed by atoms with Crippen LogP contribution in [0, 0.1) is 5.41 Å². The first kappa shape index (κ1) is 28.0. The number of amides is 1. The maximum Gasteiger partial charge on any atom is 0.217 e. The summed E-state index contributed by atoms with van der Waals surface area (Å²) in [5.74, 6) is 1.73. The van der Waals surface area contributed by atoms with E-state index in [0.29, 0.717) is 23.7 Å². The topological polar surface area (TPSA) is 50.7 Å². The van der Waals surface area contributed by atoms with E-state index in [1.165, 1.54) is 27.8 Å². The number of ether oxygens (including phenoxy) is 1. The quantitative estimate of drug-likeness (QED) is 0.412. The van der Waals surface area contributed by atoms with Crippen molar-refractivity contribution in [1.82, 2.24) is 5.32 Å². The molecule has 1 aliphatic heterocycles. The number of nitrogens with zero attached hydrogens (tertiary/aromatic N) is 1. The Morgan fingerprint density at radius 2 is 1.50 bits per heavy atom. The van der Waals surface area contributed by atoms with Crippen LogP contribution in [0.3, 0.4) is 0 Å². The van der Waals surface area contributed by atoms with E-state index in [1.807, 2.05) is 6.07 Å². The fraction of sp³-hybridized carbons (Fsp3) is 0.562. The van der Waals surface area contributed by atoms with Crippen LogP contribution in [0.1, 0.15) is 121 Å². The van der Waals surface area contributed by atoms with Gasteiger partial charge in [0, 0.05) is 12.5 Å². The summed E-state index contributed by atoms with van der Waals surface area (Å²) in [4.78, 5) is 17.3. The van der Waals surface area contributed by atoms with Gasteiger partial charge in [-0.3, -0.25) is 4.79 Å². The van der Waals surface area contributed by atoms with Gasteiger partial charge in [-0.15, -0.1) is 0 Å². The standard InChI is InChI=1S/C32H46N2O2/c1-19(2)24-17-25(20(3)4)28(26(18-24)21(5)6)29-27(16-23-14-12-11-13-15-23)34-31(36-29)30(32(8,9)10)33-22(7)35/h11-15,17-21,27,29-30H,16H2,1-10H3,(H,33,35)/t27?,29?,30-/m1/s1. The molecule has 0 aliphatic carbocycles. The molecule has 196 valence electrons. The van der Waals surface area contributed by atoms with Crippen LogP contribution in [0.25, 0.3) is 0 Å². The largest absolute Gasteiger partial charge is 0.469 e. The smallest absolute Gasteiger partial charge is 0.217 e. The Kier molecular flexibility index (Phi) is 8.69. The number of rotatable bonds is 8. The Balaban J connectivity index is 2.19. The van der Waals surface area contributed by atoms with Crippen molar-refractivity contribution in [1.29, 1.82) is 0 Å². The van der Waals surface area contributed by atoms with Gasteiger partial charge in [-0.2, -0.15) is 0 Å². The summed E-state index contributed by atoms with van der Waals surface area (Å²) in [6.07, 6.45) is 0.585. The molecule has 1 aliphatic rings. The van der Waals surface area contributed by atoms with E-state index in [2.05, 4.69) is 104 Å². The molecule has 4 heteroatoms. The van der Waals surface area contributed by atoms with Crippen LogP contribution in [0.5, 0.6) is 0 Å². The molecule has 2 unspecified atom stereocenters. The lowest BCUT2D eigenvalue weighted by atomic mass is 9.80. The zero-order valence-corrected chi connectivity index (χ0v) is 24.0. The molecule has 1 heterocycles. The van der Waals surface area contributed by atoms with E-state index < -0.39 is 0 Å². The van der Waals surface area contributed by atoms with Crippen LogP contribution in [0.15, 0.2) is 47.5 Å². The Hall–Kier alpha value is -2.62. The maximum atomic E-state index is 12.1. The van der Waals surface area contributed by atoms with Crippen molar-refractivity contribution in [3.8, 4) is 0 Å². The van der Waals surface area contributed by atoms with Gasteiger partial charge >= 0.3 is 0 Å². The third-order valence-corrected chi connectivity index (χ3v) is 7.10. The lowest BCUT2D eigenvalue weighted by Gasteiger charge is -2.32. The number of benzene rings is 2. The van der Waals surface area contributed by atoms with Crippen LogP contribution in [0.4, 0.5) is 0 Å². The van der Waals surface area contributed by atoms with Gasteiger partial charge in [0.25, 0.3) is 0 Å². The van der Waals surface area contributed by atoms with Crippen LogP contribution < -0.4 is 5.32 Å². The fourth-order valence-electron chi connectivity index (χ4n) is 5.06. The molecule has 1 amide bonds. The second kappa shape index (κ2) is 11.2. The Morgan fingerprint density at radius 1 is 0.944 bits per heavy atom. The molecule has 2 aromatic carbocycles. The van der Waals surface area contributed by atoms with E-state index in [0.717, 1.165) is 6.42 Å². The number of nitrogens with one attached hydrogen (secondary N) is 1. The molecule has 1 N–H and O–H groups in total. The summed E-state index contributed by atoms with van der Waals surface area (Å²) in [7, 11) is 0. The van der Waals surface area contributed by atoms with Gasteiger partial charge in [0.15, 0.2) is 0 Å². The third-order valence-electron chi connectivity index (χ3n) is 7.10. The molecule has 0 fully saturated rings. The highest BCUT2D eigenvalue weighted by Crippen LogP contribution is 2.43. The Morgan fingerprint density at radius 3 is 1.94 bits per heavy atom. The summed E-state index contributed by atoms with van der Waals surface area (Å²) < 4.78 is 6.84. The SMILES string of the molecule is CC(=O)N[C@H](C1=NC(Cc2ccccc2)C(c2c(C(C)C)cc(C(C)C)cc2C(C)C)O1)C(C)(C)C. The molecular formula is C32H46N2O2. The molecule has 0 saturated carbocycles. The van der Waals surface area contributed by atoms with Gasteiger partial charge in [0.05, 0.1) is 6.04 Å². The number of carbonyl (C=O) groups excluding carboxylic acids is 1. The molecule has 2 aromatic rings. The predicted molar refractivity (Wildman–Crippen MR) is 151 cm³/mol. The molecular weight excluding hydrogens is 444 g/mol. The predicted octanol–water partition coefficient (Wildman–Crippen LogP) is 7.69. The second-order valence-electron chi connectivity index (χ2n) is 12.3. The average molecular weight is 491 g/mol. The van der Waals surface area contributed by atoms with E-state index in [1.54, 1.807) is 6.92 Å². The van der Waals surface area contributed by atoms with Crippen LogP contribution in [-0.2, 0) is 16.0 Å². The van der Waals surface area contributed by atoms with E-state index in [-0.39, 0.29) is 29.5 Å². The molecule has 4 nitrogen and oxygen atoms in total. The molecule has 0 aromatic heterocycles. The minimum Gasteiger partial charge on any atom is -0.469 e. The van der Waals surface area contributed by atoms with Crippen molar-refractivity contribution in [3.05, 3.63) is 70.3 Å². The number of aliphatic imine (C=N–C) groups is 1. The number of carbonyl (C=O) groups is 1. The lowest BCUT2D eigenvalue weighted by molar-refractivity contribution is -0.120. The molecule has 3 rings (SSSR count). The van der Waals surface area contributed by atoms with Crippen LogP contribution in [-0.4, -0.2) is 23.9 Å². The van der Waals surface area contributed by atoms with Crippen molar-refractivity contribution in [2.24, 2.45) is 10.4 Å². The molecule has 0 radical (unpaired) electrons. The van der Waals surface area contributed by atoms with Crippen molar-refractivity contribution < 1.29 is 9.53 Å². The van der Waals surface area contributed by atoms with Crippen molar-refractivity contribution >= 4 is 11.8 Å². The molecule has 0 spiro atoms. The number of hydrogen-bond donors (Lipinski definition) is 1. The van der Waals surface area contributed by atoms with Crippen molar-refractivity contribution in [3.63, 3.8) is 0 Å². The average Bonchev–Trinajstić information content (AvgIpc) is 3.18. The zero-order chi connectivity index (χ0) is 26.8. The number of hydrogen-bond acceptors (Lipinski definition) is 3. The first-order chi connectivity index (χ1) is 16.8. The Labute approximate surface area is 219 Å². The normalized spacial score (nSPS) is 19.0. The van der Waals surface area contributed by atoms with Crippen LogP contribution >= 0.6 is 0 Å². The molecule has 3 atom stereocenters. The summed E-state index contributed by atoms with van der Waals surface area (Å²) >= 11 is 0. The van der Waals surface area contributed by atoms with Crippen LogP contribution in [0.2, 0.25) is 0 Å². The third kappa shape index (κ3) is 6.38. The Bertz CT molecular complexity index is 1050. The monoisotopic (exact) mass is 490 g/mol. The van der Waals surface area contributed by atoms with E-state index in [9.17, 15) is 4.79 Å². The summed E-state index contributed by atoms with van der Waals surface area (Å²) in [5.41, 5.74) is 6.34. The van der Waals surface area contributed by atoms with E-state index >= 15 is 0 Å². The highest BCUT2D eigenvalue weighted by atomic mass is 16.5. The van der Waals surface area contributed by atoms with Gasteiger partial charge in [-0.05, 0) is 51.8 Å². The zero-order valence-electron chi connectivity index (χ0n) is 24.0. The highest BCUT2D eigenvalue weighted by molar-refractivity contribution is 5.89. The second-order valence-corrected chi connectivity index (χ2v) is 12.3. The minimum atomic E-state index is -0.293. The van der Waals surface area contributed by atoms with Gasteiger partial charge < -0.3 is 10.1 Å². The van der Waals surface area contributed by atoms with Gasteiger partial charge in [-0.25, -0.2) is 4.99 Å². The summed E-state index contributed by atoms with van der Waals surface area (Å²) in [5, 5.41) is 3.12. The first-order valence-corrected chi connectivity index (χ1v) is 13.5. The maximum absolute atomic E-state index is 12.1. The summed E-state index contributed by atoms with van der Waals surface area (Å²) in [6.45, 7) is 21.5. The first-order valence-electron chi connectivity index (χ1n) is 13.5. The fourth-order valence-corrected chi connectivity index (χ4v) is 5.06. The molecule has 36 heavy (non-hydrogen) atoms. The van der Waals surface area contributed by atoms with Gasteiger partial charge in [0.1, 0.15) is 12.1 Å². The van der Waals surface area contributed by atoms with E-state index in [4.69, 9.17) is 9.73 Å². The van der Waals surface area contributed by atoms with Gasteiger partial charge in [-0.1, -0.05) is 105 Å². The molecule has 0 bridgehead atoms. The van der Waals surface area contributed by atoms with Crippen molar-refractivity contribution in [2.75, 3.05) is 0 Å². The lowest BCUT2D eigenvalue weighted by Crippen LogP contribution is -2.48. The molecule has 0 saturated heterocycles. The summed E-state index contributed by atoms with van der Waals surface area (Å²) in [6, 6.07) is 14.9.